The molecule has 1 heterocycles. The second-order valence-corrected chi connectivity index (χ2v) is 5.65. The second kappa shape index (κ2) is 7.40. The first kappa shape index (κ1) is 16.5. The molecule has 1 aromatic rings. The SMILES string of the molecule is CC[C@H]1O[C@@H](CNC(C)=O)[C@H](OC(=O)c2ccccc2)[C@@H]1C. The fraction of sp³-hybridized carbons (Fsp3) is 0.529. The summed E-state index contributed by atoms with van der Waals surface area (Å²) in [5.41, 5.74) is 0.521. The number of benzene rings is 1. The van der Waals surface area contributed by atoms with E-state index in [2.05, 4.69) is 5.32 Å². The molecule has 0 saturated carbocycles. The van der Waals surface area contributed by atoms with Gasteiger partial charge < -0.3 is 14.8 Å². The normalized spacial score (nSPS) is 27.4. The minimum Gasteiger partial charge on any atom is -0.456 e. The van der Waals surface area contributed by atoms with Crippen LogP contribution in [0.15, 0.2) is 30.3 Å². The van der Waals surface area contributed by atoms with Crippen molar-refractivity contribution in [2.45, 2.75) is 45.5 Å². The van der Waals surface area contributed by atoms with Crippen LogP contribution in [-0.4, -0.2) is 36.7 Å². The summed E-state index contributed by atoms with van der Waals surface area (Å²) in [6.45, 7) is 5.87. The summed E-state index contributed by atoms with van der Waals surface area (Å²) in [5, 5.41) is 2.74. The van der Waals surface area contributed by atoms with Gasteiger partial charge in [-0.3, -0.25) is 4.79 Å². The molecule has 1 saturated heterocycles. The summed E-state index contributed by atoms with van der Waals surface area (Å²) in [6.07, 6.45) is 0.213. The number of hydrogen-bond acceptors (Lipinski definition) is 4. The molecule has 1 aliphatic heterocycles. The van der Waals surface area contributed by atoms with Crippen LogP contribution in [0.2, 0.25) is 0 Å². The lowest BCUT2D eigenvalue weighted by Crippen LogP contribution is -2.39. The van der Waals surface area contributed by atoms with Crippen LogP contribution in [0, 0.1) is 5.92 Å². The lowest BCUT2D eigenvalue weighted by atomic mass is 9.96. The molecule has 2 rings (SSSR count). The Kier molecular flexibility index (Phi) is 5.55. The van der Waals surface area contributed by atoms with E-state index in [4.69, 9.17) is 9.47 Å². The fourth-order valence-corrected chi connectivity index (χ4v) is 2.80. The summed E-state index contributed by atoms with van der Waals surface area (Å²) < 4.78 is 11.6. The molecule has 120 valence electrons. The molecule has 1 amide bonds. The summed E-state index contributed by atoms with van der Waals surface area (Å²) >= 11 is 0. The van der Waals surface area contributed by atoms with Crippen molar-refractivity contribution in [1.29, 1.82) is 0 Å². The zero-order valence-electron chi connectivity index (χ0n) is 13.2. The van der Waals surface area contributed by atoms with Gasteiger partial charge in [-0.05, 0) is 18.6 Å². The quantitative estimate of drug-likeness (QED) is 0.847. The van der Waals surface area contributed by atoms with Crippen LogP contribution < -0.4 is 5.32 Å². The zero-order valence-corrected chi connectivity index (χ0v) is 13.2. The number of nitrogens with one attached hydrogen (secondary N) is 1. The van der Waals surface area contributed by atoms with Crippen molar-refractivity contribution >= 4 is 11.9 Å². The predicted molar refractivity (Wildman–Crippen MR) is 82.4 cm³/mol. The van der Waals surface area contributed by atoms with Crippen LogP contribution in [0.3, 0.4) is 0 Å². The maximum atomic E-state index is 12.3. The Balaban J connectivity index is 2.07. The summed E-state index contributed by atoms with van der Waals surface area (Å²) in [5.74, 6) is -0.383. The molecule has 1 N–H and O–H groups in total. The highest BCUT2D eigenvalue weighted by Gasteiger charge is 2.43. The molecule has 0 aliphatic carbocycles. The molecular formula is C17H23NO4. The number of esters is 1. The molecule has 0 aromatic heterocycles. The van der Waals surface area contributed by atoms with Crippen molar-refractivity contribution in [3.63, 3.8) is 0 Å². The smallest absolute Gasteiger partial charge is 0.338 e. The Labute approximate surface area is 131 Å². The van der Waals surface area contributed by atoms with Gasteiger partial charge in [0.25, 0.3) is 0 Å². The van der Waals surface area contributed by atoms with E-state index in [0.717, 1.165) is 6.42 Å². The van der Waals surface area contributed by atoms with Crippen LogP contribution in [0.25, 0.3) is 0 Å². The Morgan fingerprint density at radius 1 is 1.23 bits per heavy atom. The monoisotopic (exact) mass is 305 g/mol. The third kappa shape index (κ3) is 3.85. The van der Waals surface area contributed by atoms with E-state index >= 15 is 0 Å². The van der Waals surface area contributed by atoms with E-state index in [1.807, 2.05) is 19.9 Å². The van der Waals surface area contributed by atoms with Gasteiger partial charge in [0.15, 0.2) is 0 Å². The fourth-order valence-electron chi connectivity index (χ4n) is 2.80. The standard InChI is InChI=1S/C17H23NO4/c1-4-14-11(2)16(15(21-14)10-18-12(3)19)22-17(20)13-8-6-5-7-9-13/h5-9,11,14-16H,4,10H2,1-3H3,(H,18,19)/t11-,14-,15+,16-/m1/s1. The van der Waals surface area contributed by atoms with Gasteiger partial charge in [-0.15, -0.1) is 0 Å². The van der Waals surface area contributed by atoms with Gasteiger partial charge in [-0.2, -0.15) is 0 Å². The van der Waals surface area contributed by atoms with Gasteiger partial charge in [0.05, 0.1) is 11.7 Å². The second-order valence-electron chi connectivity index (χ2n) is 5.65. The highest BCUT2D eigenvalue weighted by molar-refractivity contribution is 5.89. The van der Waals surface area contributed by atoms with Crippen LogP contribution >= 0.6 is 0 Å². The van der Waals surface area contributed by atoms with Crippen molar-refractivity contribution in [3.05, 3.63) is 35.9 Å². The number of ether oxygens (including phenoxy) is 2. The third-order valence-electron chi connectivity index (χ3n) is 4.03. The van der Waals surface area contributed by atoms with E-state index in [-0.39, 0.29) is 36.1 Å². The number of hydrogen-bond donors (Lipinski definition) is 1. The molecule has 0 bridgehead atoms. The number of amides is 1. The largest absolute Gasteiger partial charge is 0.456 e. The van der Waals surface area contributed by atoms with E-state index in [9.17, 15) is 9.59 Å². The van der Waals surface area contributed by atoms with Gasteiger partial charge in [0.2, 0.25) is 5.91 Å². The summed E-state index contributed by atoms with van der Waals surface area (Å²) in [7, 11) is 0. The number of rotatable bonds is 5. The van der Waals surface area contributed by atoms with E-state index in [0.29, 0.717) is 12.1 Å². The van der Waals surface area contributed by atoms with Gasteiger partial charge in [0, 0.05) is 19.4 Å². The van der Waals surface area contributed by atoms with E-state index in [1.165, 1.54) is 6.92 Å². The van der Waals surface area contributed by atoms with Crippen LogP contribution in [0.1, 0.15) is 37.6 Å². The van der Waals surface area contributed by atoms with Gasteiger partial charge in [0.1, 0.15) is 12.2 Å². The van der Waals surface area contributed by atoms with Gasteiger partial charge >= 0.3 is 5.97 Å². The molecule has 22 heavy (non-hydrogen) atoms. The van der Waals surface area contributed by atoms with Crippen molar-refractivity contribution in [3.8, 4) is 0 Å². The highest BCUT2D eigenvalue weighted by Crippen LogP contribution is 2.31. The molecule has 0 spiro atoms. The minimum atomic E-state index is -0.357. The maximum absolute atomic E-state index is 12.3. The highest BCUT2D eigenvalue weighted by atomic mass is 16.6. The average molecular weight is 305 g/mol. The van der Waals surface area contributed by atoms with E-state index < -0.39 is 0 Å². The molecule has 4 atom stereocenters. The van der Waals surface area contributed by atoms with Gasteiger partial charge in [-0.1, -0.05) is 32.0 Å². The maximum Gasteiger partial charge on any atom is 0.338 e. The van der Waals surface area contributed by atoms with Crippen LogP contribution in [0.5, 0.6) is 0 Å². The molecule has 1 aliphatic rings. The molecule has 5 nitrogen and oxygen atoms in total. The van der Waals surface area contributed by atoms with Crippen LogP contribution in [-0.2, 0) is 14.3 Å². The minimum absolute atomic E-state index is 0.0346. The Bertz CT molecular complexity index is 517. The van der Waals surface area contributed by atoms with Crippen molar-refractivity contribution in [2.24, 2.45) is 5.92 Å². The first-order valence-corrected chi connectivity index (χ1v) is 7.68. The first-order chi connectivity index (χ1) is 10.5. The summed E-state index contributed by atoms with van der Waals surface area (Å²) in [4.78, 5) is 23.4. The third-order valence-corrected chi connectivity index (χ3v) is 4.03. The topological polar surface area (TPSA) is 64.6 Å². The molecule has 5 heteroatoms. The van der Waals surface area contributed by atoms with Crippen molar-refractivity contribution < 1.29 is 19.1 Å². The number of carbonyl (C=O) groups excluding carboxylic acids is 2. The molecule has 0 unspecified atom stereocenters. The van der Waals surface area contributed by atoms with Crippen molar-refractivity contribution in [1.82, 2.24) is 5.32 Å². The van der Waals surface area contributed by atoms with Gasteiger partial charge in [-0.25, -0.2) is 4.79 Å². The first-order valence-electron chi connectivity index (χ1n) is 7.68. The molecule has 1 fully saturated rings. The zero-order chi connectivity index (χ0) is 16.1. The van der Waals surface area contributed by atoms with Crippen molar-refractivity contribution in [2.75, 3.05) is 6.54 Å². The molecule has 1 aromatic carbocycles. The molecule has 0 radical (unpaired) electrons. The Morgan fingerprint density at radius 3 is 2.50 bits per heavy atom. The van der Waals surface area contributed by atoms with Crippen LogP contribution in [0.4, 0.5) is 0 Å². The Hall–Kier alpha value is -1.88. The lowest BCUT2D eigenvalue weighted by Gasteiger charge is -2.21. The average Bonchev–Trinajstić information content (AvgIpc) is 2.82. The predicted octanol–water partition coefficient (Wildman–Crippen LogP) is 2.16. The Morgan fingerprint density at radius 2 is 1.91 bits per heavy atom. The number of carbonyl (C=O) groups is 2. The molecular weight excluding hydrogens is 282 g/mol. The lowest BCUT2D eigenvalue weighted by molar-refractivity contribution is -0.119. The van der Waals surface area contributed by atoms with E-state index in [1.54, 1.807) is 24.3 Å². The summed E-state index contributed by atoms with van der Waals surface area (Å²) in [6, 6.07) is 8.90.